The summed E-state index contributed by atoms with van der Waals surface area (Å²) in [6.07, 6.45) is 3.67. The van der Waals surface area contributed by atoms with Crippen LogP contribution in [0, 0.1) is 0 Å². The van der Waals surface area contributed by atoms with Crippen molar-refractivity contribution in [3.8, 4) is 0 Å². The second-order valence-corrected chi connectivity index (χ2v) is 4.29. The first-order chi connectivity index (χ1) is 8.79. The minimum absolute atomic E-state index is 0.233. The van der Waals surface area contributed by atoms with Gasteiger partial charge in [0, 0.05) is 25.2 Å². The van der Waals surface area contributed by atoms with E-state index >= 15 is 0 Å². The topological polar surface area (TPSA) is 34.1 Å². The highest BCUT2D eigenvalue weighted by Crippen LogP contribution is 2.19. The summed E-state index contributed by atoms with van der Waals surface area (Å²) in [6, 6.07) is 12.5. The number of methoxy groups -OCH3 is 1. The predicted octanol–water partition coefficient (Wildman–Crippen LogP) is 3.40. The van der Waals surface area contributed by atoms with Gasteiger partial charge in [0.05, 0.1) is 12.6 Å². The molecule has 0 amide bonds. The number of aromatic nitrogens is 1. The number of nitrogens with one attached hydrogen (secondary N) is 1. The van der Waals surface area contributed by atoms with Gasteiger partial charge < -0.3 is 10.1 Å². The SMILES string of the molecule is COCc1cccc(NC(C)c2cccnc2)c1. The van der Waals surface area contributed by atoms with Crippen molar-refractivity contribution in [2.45, 2.75) is 19.6 Å². The van der Waals surface area contributed by atoms with Crippen molar-refractivity contribution < 1.29 is 4.74 Å². The Bertz CT molecular complexity index is 485. The predicted molar refractivity (Wildman–Crippen MR) is 73.4 cm³/mol. The van der Waals surface area contributed by atoms with Gasteiger partial charge in [-0.15, -0.1) is 0 Å². The van der Waals surface area contributed by atoms with E-state index in [2.05, 4.69) is 41.5 Å². The summed E-state index contributed by atoms with van der Waals surface area (Å²) < 4.78 is 5.13. The van der Waals surface area contributed by atoms with Gasteiger partial charge >= 0.3 is 0 Å². The average molecular weight is 242 g/mol. The third kappa shape index (κ3) is 3.31. The van der Waals surface area contributed by atoms with E-state index in [1.54, 1.807) is 13.3 Å². The molecule has 1 heterocycles. The quantitative estimate of drug-likeness (QED) is 0.872. The van der Waals surface area contributed by atoms with Crippen molar-refractivity contribution in [2.24, 2.45) is 0 Å². The van der Waals surface area contributed by atoms with Crippen molar-refractivity contribution in [3.63, 3.8) is 0 Å². The molecular weight excluding hydrogens is 224 g/mol. The molecule has 0 saturated heterocycles. The third-order valence-corrected chi connectivity index (χ3v) is 2.81. The Morgan fingerprint density at radius 2 is 2.17 bits per heavy atom. The summed E-state index contributed by atoms with van der Waals surface area (Å²) in [5.74, 6) is 0. The Morgan fingerprint density at radius 3 is 2.89 bits per heavy atom. The van der Waals surface area contributed by atoms with Crippen molar-refractivity contribution in [2.75, 3.05) is 12.4 Å². The summed E-state index contributed by atoms with van der Waals surface area (Å²) >= 11 is 0. The van der Waals surface area contributed by atoms with E-state index in [9.17, 15) is 0 Å². The lowest BCUT2D eigenvalue weighted by molar-refractivity contribution is 0.185. The lowest BCUT2D eigenvalue weighted by Crippen LogP contribution is -2.07. The molecule has 0 bridgehead atoms. The van der Waals surface area contributed by atoms with Crippen LogP contribution in [0.15, 0.2) is 48.8 Å². The maximum absolute atomic E-state index is 5.13. The smallest absolute Gasteiger partial charge is 0.0713 e. The highest BCUT2D eigenvalue weighted by molar-refractivity contribution is 5.47. The summed E-state index contributed by atoms with van der Waals surface area (Å²) in [4.78, 5) is 4.13. The van der Waals surface area contributed by atoms with Crippen LogP contribution in [0.2, 0.25) is 0 Å². The van der Waals surface area contributed by atoms with Crippen LogP contribution in [-0.4, -0.2) is 12.1 Å². The highest BCUT2D eigenvalue weighted by atomic mass is 16.5. The molecule has 0 fully saturated rings. The van der Waals surface area contributed by atoms with Crippen LogP contribution in [-0.2, 0) is 11.3 Å². The minimum Gasteiger partial charge on any atom is -0.380 e. The fourth-order valence-corrected chi connectivity index (χ4v) is 1.88. The van der Waals surface area contributed by atoms with Crippen LogP contribution in [0.1, 0.15) is 24.1 Å². The molecule has 2 aromatic rings. The fourth-order valence-electron chi connectivity index (χ4n) is 1.88. The molecule has 1 aromatic carbocycles. The molecule has 0 aliphatic heterocycles. The van der Waals surface area contributed by atoms with Crippen LogP contribution < -0.4 is 5.32 Å². The third-order valence-electron chi connectivity index (χ3n) is 2.81. The van der Waals surface area contributed by atoms with Gasteiger partial charge in [-0.1, -0.05) is 18.2 Å². The van der Waals surface area contributed by atoms with Crippen molar-refractivity contribution in [3.05, 3.63) is 59.9 Å². The largest absolute Gasteiger partial charge is 0.380 e. The molecule has 3 nitrogen and oxygen atoms in total. The van der Waals surface area contributed by atoms with E-state index < -0.39 is 0 Å². The lowest BCUT2D eigenvalue weighted by Gasteiger charge is -2.15. The van der Waals surface area contributed by atoms with E-state index in [0.29, 0.717) is 6.61 Å². The fraction of sp³-hybridized carbons (Fsp3) is 0.267. The van der Waals surface area contributed by atoms with E-state index in [0.717, 1.165) is 5.69 Å². The molecule has 1 N–H and O–H groups in total. The molecule has 0 spiro atoms. The summed E-state index contributed by atoms with van der Waals surface area (Å²) in [7, 11) is 1.71. The second kappa shape index (κ2) is 6.17. The van der Waals surface area contributed by atoms with Crippen LogP contribution in [0.25, 0.3) is 0 Å². The van der Waals surface area contributed by atoms with Crippen molar-refractivity contribution in [1.29, 1.82) is 0 Å². The Morgan fingerprint density at radius 1 is 1.28 bits per heavy atom. The second-order valence-electron chi connectivity index (χ2n) is 4.29. The van der Waals surface area contributed by atoms with Gasteiger partial charge in [0.25, 0.3) is 0 Å². The Kier molecular flexibility index (Phi) is 4.31. The molecule has 0 aliphatic carbocycles. The first-order valence-corrected chi connectivity index (χ1v) is 6.04. The van der Waals surface area contributed by atoms with E-state index in [1.165, 1.54) is 11.1 Å². The monoisotopic (exact) mass is 242 g/mol. The Labute approximate surface area is 108 Å². The summed E-state index contributed by atoms with van der Waals surface area (Å²) in [6.45, 7) is 2.76. The lowest BCUT2D eigenvalue weighted by atomic mass is 10.1. The zero-order valence-electron chi connectivity index (χ0n) is 10.8. The highest BCUT2D eigenvalue weighted by Gasteiger charge is 2.05. The summed E-state index contributed by atoms with van der Waals surface area (Å²) in [5.41, 5.74) is 3.44. The molecule has 3 heteroatoms. The Balaban J connectivity index is 2.07. The number of nitrogens with zero attached hydrogens (tertiary/aromatic N) is 1. The number of benzene rings is 1. The van der Waals surface area contributed by atoms with Gasteiger partial charge in [0.2, 0.25) is 0 Å². The normalized spacial score (nSPS) is 12.1. The van der Waals surface area contributed by atoms with Crippen LogP contribution in [0.4, 0.5) is 5.69 Å². The van der Waals surface area contributed by atoms with Crippen molar-refractivity contribution in [1.82, 2.24) is 4.98 Å². The molecule has 2 rings (SSSR count). The zero-order chi connectivity index (χ0) is 12.8. The number of pyridine rings is 1. The standard InChI is InChI=1S/C15H18N2O/c1-12(14-6-4-8-16-10-14)17-15-7-3-5-13(9-15)11-18-2/h3-10,12,17H,11H2,1-2H3. The minimum atomic E-state index is 0.233. The molecule has 1 atom stereocenters. The molecule has 1 aromatic heterocycles. The van der Waals surface area contributed by atoms with E-state index in [4.69, 9.17) is 4.74 Å². The maximum atomic E-state index is 5.13. The van der Waals surface area contributed by atoms with Crippen LogP contribution >= 0.6 is 0 Å². The molecule has 18 heavy (non-hydrogen) atoms. The number of hydrogen-bond donors (Lipinski definition) is 1. The molecule has 0 radical (unpaired) electrons. The number of ether oxygens (including phenoxy) is 1. The first-order valence-electron chi connectivity index (χ1n) is 6.04. The van der Waals surface area contributed by atoms with Crippen LogP contribution in [0.3, 0.4) is 0 Å². The molecule has 0 saturated carbocycles. The Hall–Kier alpha value is -1.87. The molecule has 94 valence electrons. The first kappa shape index (κ1) is 12.6. The number of hydrogen-bond acceptors (Lipinski definition) is 3. The van der Waals surface area contributed by atoms with Gasteiger partial charge in [-0.25, -0.2) is 0 Å². The maximum Gasteiger partial charge on any atom is 0.0713 e. The van der Waals surface area contributed by atoms with Gasteiger partial charge in [0.1, 0.15) is 0 Å². The summed E-state index contributed by atoms with van der Waals surface area (Å²) in [5, 5.41) is 3.46. The van der Waals surface area contributed by atoms with Gasteiger partial charge in [-0.3, -0.25) is 4.98 Å². The number of rotatable bonds is 5. The van der Waals surface area contributed by atoms with E-state index in [-0.39, 0.29) is 6.04 Å². The van der Waals surface area contributed by atoms with Gasteiger partial charge in [-0.2, -0.15) is 0 Å². The van der Waals surface area contributed by atoms with E-state index in [1.807, 2.05) is 18.3 Å². The molecule has 1 unspecified atom stereocenters. The van der Waals surface area contributed by atoms with Crippen molar-refractivity contribution >= 4 is 5.69 Å². The molecule has 0 aliphatic rings. The molecular formula is C15H18N2O. The van der Waals surface area contributed by atoms with Gasteiger partial charge in [0.15, 0.2) is 0 Å². The number of anilines is 1. The van der Waals surface area contributed by atoms with Crippen LogP contribution in [0.5, 0.6) is 0 Å². The average Bonchev–Trinajstić information content (AvgIpc) is 2.40. The zero-order valence-corrected chi connectivity index (χ0v) is 10.8. The van der Waals surface area contributed by atoms with Gasteiger partial charge in [-0.05, 0) is 36.2 Å².